The number of nitrogens with zero attached hydrogens (tertiary/aromatic N) is 1. The van der Waals surface area contributed by atoms with Crippen LogP contribution in [0, 0.1) is 10.1 Å². The van der Waals surface area contributed by atoms with Gasteiger partial charge in [0.1, 0.15) is 11.3 Å². The molecule has 0 saturated heterocycles. The smallest absolute Gasteiger partial charge is 0.304 e. The van der Waals surface area contributed by atoms with Crippen LogP contribution in [0.4, 0.5) is 17.1 Å². The van der Waals surface area contributed by atoms with Gasteiger partial charge in [0.15, 0.2) is 0 Å². The van der Waals surface area contributed by atoms with E-state index in [1.807, 2.05) is 0 Å². The molecule has 0 saturated carbocycles. The number of rotatable bonds is 3. The highest BCUT2D eigenvalue weighted by Crippen LogP contribution is 2.28. The third-order valence-electron chi connectivity index (χ3n) is 2.67. The van der Waals surface area contributed by atoms with Crippen molar-refractivity contribution in [2.24, 2.45) is 0 Å². The fraction of sp³-hybridized carbons (Fsp3) is 0. The van der Waals surface area contributed by atoms with E-state index in [2.05, 4.69) is 21.2 Å². The van der Waals surface area contributed by atoms with Crippen molar-refractivity contribution in [1.29, 1.82) is 0 Å². The molecule has 21 heavy (non-hydrogen) atoms. The van der Waals surface area contributed by atoms with Gasteiger partial charge in [-0.05, 0) is 46.3 Å². The largest absolute Gasteiger partial charge is 0.393 e. The van der Waals surface area contributed by atoms with Gasteiger partial charge in [0.05, 0.1) is 9.95 Å². The zero-order valence-electron chi connectivity index (χ0n) is 10.5. The van der Waals surface area contributed by atoms with E-state index < -0.39 is 16.5 Å². The minimum absolute atomic E-state index is 0.0681. The number of hydrogen-bond acceptors (Lipinski definition) is 4. The molecule has 0 aliphatic heterocycles. The third kappa shape index (κ3) is 3.32. The van der Waals surface area contributed by atoms with Crippen molar-refractivity contribution in [3.8, 4) is 0 Å². The molecule has 2 aromatic rings. The molecule has 6 nitrogen and oxygen atoms in total. The van der Waals surface area contributed by atoms with Gasteiger partial charge in [-0.1, -0.05) is 17.7 Å². The van der Waals surface area contributed by atoms with Crippen molar-refractivity contribution >= 4 is 50.5 Å². The Labute approximate surface area is 133 Å². The van der Waals surface area contributed by atoms with E-state index in [-0.39, 0.29) is 11.3 Å². The first-order valence-corrected chi connectivity index (χ1v) is 6.86. The number of amides is 1. The molecule has 0 atom stereocenters. The molecule has 0 unspecified atom stereocenters. The topological polar surface area (TPSA) is 98.3 Å². The molecule has 0 aliphatic carbocycles. The van der Waals surface area contributed by atoms with Gasteiger partial charge in [-0.15, -0.1) is 0 Å². The number of halogens is 2. The van der Waals surface area contributed by atoms with Crippen molar-refractivity contribution in [2.45, 2.75) is 0 Å². The molecule has 108 valence electrons. The van der Waals surface area contributed by atoms with Crippen LogP contribution in [0.1, 0.15) is 10.4 Å². The van der Waals surface area contributed by atoms with E-state index in [0.717, 1.165) is 0 Å². The second-order valence-corrected chi connectivity index (χ2v) is 5.35. The molecule has 0 heterocycles. The highest BCUT2D eigenvalue weighted by molar-refractivity contribution is 9.10. The van der Waals surface area contributed by atoms with Crippen LogP contribution in [0.3, 0.4) is 0 Å². The summed E-state index contributed by atoms with van der Waals surface area (Å²) in [6.07, 6.45) is 0. The number of carbonyl (C=O) groups is 1. The van der Waals surface area contributed by atoms with E-state index in [0.29, 0.717) is 15.2 Å². The highest BCUT2D eigenvalue weighted by Gasteiger charge is 2.23. The lowest BCUT2D eigenvalue weighted by Crippen LogP contribution is -2.14. The normalized spacial score (nSPS) is 10.2. The van der Waals surface area contributed by atoms with Crippen LogP contribution < -0.4 is 11.1 Å². The fourth-order valence-electron chi connectivity index (χ4n) is 1.72. The van der Waals surface area contributed by atoms with Crippen molar-refractivity contribution in [1.82, 2.24) is 0 Å². The Bertz CT molecular complexity index is 737. The first-order chi connectivity index (χ1) is 9.90. The van der Waals surface area contributed by atoms with E-state index in [4.69, 9.17) is 17.3 Å². The van der Waals surface area contributed by atoms with Gasteiger partial charge in [-0.3, -0.25) is 14.9 Å². The molecule has 8 heteroatoms. The Morgan fingerprint density at radius 1 is 1.33 bits per heavy atom. The summed E-state index contributed by atoms with van der Waals surface area (Å²) in [5.74, 6) is -0.632. The van der Waals surface area contributed by atoms with Crippen LogP contribution in [0.25, 0.3) is 0 Å². The van der Waals surface area contributed by atoms with Crippen molar-refractivity contribution in [3.05, 3.63) is 61.6 Å². The van der Waals surface area contributed by atoms with E-state index >= 15 is 0 Å². The Morgan fingerprint density at radius 2 is 2.05 bits per heavy atom. The third-order valence-corrected chi connectivity index (χ3v) is 3.90. The lowest BCUT2D eigenvalue weighted by molar-refractivity contribution is -0.384. The average Bonchev–Trinajstić information content (AvgIpc) is 2.42. The van der Waals surface area contributed by atoms with Crippen molar-refractivity contribution < 1.29 is 9.72 Å². The van der Waals surface area contributed by atoms with Gasteiger partial charge < -0.3 is 11.1 Å². The summed E-state index contributed by atoms with van der Waals surface area (Å²) in [5.41, 5.74) is 5.37. The van der Waals surface area contributed by atoms with E-state index in [1.54, 1.807) is 12.1 Å². The summed E-state index contributed by atoms with van der Waals surface area (Å²) in [6.45, 7) is 0. The number of nitro groups is 1. The van der Waals surface area contributed by atoms with Crippen LogP contribution in [-0.4, -0.2) is 10.8 Å². The molecule has 0 aliphatic rings. The number of nitro benzene ring substituents is 1. The maximum absolute atomic E-state index is 12.2. The second-order valence-electron chi connectivity index (χ2n) is 4.08. The molecule has 2 rings (SSSR count). The molecule has 0 radical (unpaired) electrons. The van der Waals surface area contributed by atoms with Crippen molar-refractivity contribution in [3.63, 3.8) is 0 Å². The maximum Gasteiger partial charge on any atom is 0.304 e. The standard InChI is InChI=1S/C13H9BrClN3O3/c14-9-5-4-7(6-10(9)15)17-13(19)8-2-1-3-11(16)12(8)18(20)21/h1-6H,16H2,(H,17,19). The number of nitrogens with two attached hydrogens (primary N) is 1. The summed E-state index contributed by atoms with van der Waals surface area (Å²) in [4.78, 5) is 22.5. The first-order valence-electron chi connectivity index (χ1n) is 5.69. The Kier molecular flexibility index (Phi) is 4.44. The maximum atomic E-state index is 12.2. The summed E-state index contributed by atoms with van der Waals surface area (Å²) >= 11 is 9.15. The van der Waals surface area contributed by atoms with Crippen LogP contribution in [0.15, 0.2) is 40.9 Å². The van der Waals surface area contributed by atoms with Crippen LogP contribution in [0.5, 0.6) is 0 Å². The zero-order valence-corrected chi connectivity index (χ0v) is 12.8. The predicted octanol–water partition coefficient (Wildman–Crippen LogP) is 3.85. The summed E-state index contributed by atoms with van der Waals surface area (Å²) in [7, 11) is 0. The number of nitrogen functional groups attached to an aromatic ring is 1. The first kappa shape index (κ1) is 15.3. The molecule has 3 N–H and O–H groups in total. The molecule has 0 fully saturated rings. The van der Waals surface area contributed by atoms with Gasteiger partial charge in [0.25, 0.3) is 5.91 Å². The SMILES string of the molecule is Nc1cccc(C(=O)Nc2ccc(Br)c(Cl)c2)c1[N+](=O)[O-]. The Morgan fingerprint density at radius 3 is 2.67 bits per heavy atom. The fourth-order valence-corrected chi connectivity index (χ4v) is 2.15. The number of hydrogen-bond donors (Lipinski definition) is 2. The molecular weight excluding hydrogens is 362 g/mol. The molecule has 1 amide bonds. The monoisotopic (exact) mass is 369 g/mol. The lowest BCUT2D eigenvalue weighted by atomic mass is 10.1. The molecule has 0 aromatic heterocycles. The van der Waals surface area contributed by atoms with Gasteiger partial charge in [-0.2, -0.15) is 0 Å². The van der Waals surface area contributed by atoms with E-state index in [9.17, 15) is 14.9 Å². The summed E-state index contributed by atoms with van der Waals surface area (Å²) in [5, 5.41) is 14.0. The van der Waals surface area contributed by atoms with Crippen molar-refractivity contribution in [2.75, 3.05) is 11.1 Å². The number of carbonyl (C=O) groups excluding carboxylic acids is 1. The molecule has 0 spiro atoms. The quantitative estimate of drug-likeness (QED) is 0.487. The van der Waals surface area contributed by atoms with Gasteiger partial charge in [-0.25, -0.2) is 0 Å². The lowest BCUT2D eigenvalue weighted by Gasteiger charge is -2.08. The molecule has 0 bridgehead atoms. The second kappa shape index (κ2) is 6.11. The Balaban J connectivity index is 2.35. The van der Waals surface area contributed by atoms with Crippen LogP contribution in [-0.2, 0) is 0 Å². The predicted molar refractivity (Wildman–Crippen MR) is 84.6 cm³/mol. The number of benzene rings is 2. The average molecular weight is 371 g/mol. The zero-order chi connectivity index (χ0) is 15.6. The number of nitrogens with one attached hydrogen (secondary N) is 1. The molecule has 2 aromatic carbocycles. The van der Waals surface area contributed by atoms with Crippen LogP contribution >= 0.6 is 27.5 Å². The summed E-state index contributed by atoms with van der Waals surface area (Å²) < 4.78 is 0.678. The Hall–Kier alpha value is -2.12. The van der Waals surface area contributed by atoms with E-state index in [1.165, 1.54) is 24.3 Å². The van der Waals surface area contributed by atoms with Gasteiger partial charge in [0, 0.05) is 10.2 Å². The highest BCUT2D eigenvalue weighted by atomic mass is 79.9. The number of para-hydroxylation sites is 1. The minimum atomic E-state index is -0.682. The number of anilines is 2. The van der Waals surface area contributed by atoms with Crippen LogP contribution in [0.2, 0.25) is 5.02 Å². The minimum Gasteiger partial charge on any atom is -0.393 e. The summed E-state index contributed by atoms with van der Waals surface area (Å²) in [6, 6.07) is 8.99. The molecular formula is C13H9BrClN3O3. The van der Waals surface area contributed by atoms with Gasteiger partial charge in [0.2, 0.25) is 0 Å². The van der Waals surface area contributed by atoms with Gasteiger partial charge >= 0.3 is 5.69 Å².